The van der Waals surface area contributed by atoms with E-state index < -0.39 is 18.2 Å². The van der Waals surface area contributed by atoms with Crippen molar-refractivity contribution in [3.63, 3.8) is 0 Å². The molecule has 3 heteroatoms. The Kier molecular flexibility index (Phi) is 16.5. The highest BCUT2D eigenvalue weighted by atomic mass is 35.6. The van der Waals surface area contributed by atoms with Gasteiger partial charge in [0.25, 0.3) is 0 Å². The predicted octanol–water partition coefficient (Wildman–Crippen LogP) is 2.62. The molecule has 0 aliphatic rings. The molecule has 0 amide bonds. The molecular weight excluding hydrogens is 143 g/mol. The highest BCUT2D eigenvalue weighted by Gasteiger charge is 1.69. The Morgan fingerprint density at radius 2 is 1.14 bits per heavy atom. The summed E-state index contributed by atoms with van der Waals surface area (Å²) in [6, 6.07) is 0. The van der Waals surface area contributed by atoms with Crippen LogP contribution in [0.3, 0.4) is 0 Å². The molecule has 0 saturated heterocycles. The van der Waals surface area contributed by atoms with Crippen LogP contribution in [0.25, 0.3) is 0 Å². The molecule has 0 aromatic heterocycles. The van der Waals surface area contributed by atoms with Crippen molar-refractivity contribution < 1.29 is 0 Å². The summed E-state index contributed by atoms with van der Waals surface area (Å²) in [7, 11) is 9.81. The van der Waals surface area contributed by atoms with Crippen LogP contribution in [0.1, 0.15) is 20.8 Å². The lowest BCUT2D eigenvalue weighted by atomic mass is 10.3. The minimum absolute atomic E-state index is 0.639. The van der Waals surface area contributed by atoms with Crippen molar-refractivity contribution in [1.82, 2.24) is 0 Å². The van der Waals surface area contributed by atoms with Gasteiger partial charge in [0.05, 0.1) is 0 Å². The van der Waals surface area contributed by atoms with Crippen LogP contribution in [-0.4, -0.2) is 18.2 Å². The molecule has 7 heavy (non-hydrogen) atoms. The monoisotopic (exact) mass is 151 g/mol. The molecule has 0 nitrogen and oxygen atoms in total. The van der Waals surface area contributed by atoms with E-state index in [-0.39, 0.29) is 0 Å². The molecule has 0 N–H and O–H groups in total. The van der Waals surface area contributed by atoms with Gasteiger partial charge in [-0.15, -0.1) is 0 Å². The maximum Gasteiger partial charge on any atom is 0.618 e. The highest BCUT2D eigenvalue weighted by molar-refractivity contribution is 7.22. The fourth-order valence-corrected chi connectivity index (χ4v) is 0. The van der Waals surface area contributed by atoms with E-state index in [9.17, 15) is 0 Å². The minimum Gasteiger partial charge on any atom is -0.309 e. The lowest BCUT2D eigenvalue weighted by molar-refractivity contribution is 1.10. The van der Waals surface area contributed by atoms with Gasteiger partial charge in [0, 0.05) is 0 Å². The highest BCUT2D eigenvalue weighted by Crippen LogP contribution is 1.85. The summed E-state index contributed by atoms with van der Waals surface area (Å²) in [5.41, 5.74) is 0. The number of halogens is 2. The van der Waals surface area contributed by atoms with Gasteiger partial charge >= 0.3 is 18.2 Å². The van der Waals surface area contributed by atoms with Crippen LogP contribution in [0.4, 0.5) is 0 Å². The van der Waals surface area contributed by atoms with Crippen LogP contribution >= 0.6 is 18.1 Å². The second kappa shape index (κ2) is 10.4. The Morgan fingerprint density at radius 3 is 1.14 bits per heavy atom. The van der Waals surface area contributed by atoms with Gasteiger partial charge in [-0.1, -0.05) is 20.8 Å². The van der Waals surface area contributed by atoms with Crippen LogP contribution < -0.4 is 0 Å². The number of hydrogen-bond donors (Lipinski definition) is 0. The van der Waals surface area contributed by atoms with Gasteiger partial charge in [0.1, 0.15) is 0 Å². The summed E-state index contributed by atoms with van der Waals surface area (Å²) >= 11 is -0.639. The largest absolute Gasteiger partial charge is 0.618 e. The molecule has 0 saturated carbocycles. The first-order valence-corrected chi connectivity index (χ1v) is 6.31. The fourth-order valence-electron chi connectivity index (χ4n) is 0. The lowest BCUT2D eigenvalue weighted by Crippen LogP contribution is -1.62. The molecule has 0 bridgehead atoms. The van der Waals surface area contributed by atoms with Gasteiger partial charge in [-0.3, -0.25) is 0 Å². The molecule has 0 fully saturated rings. The molecule has 0 atom stereocenters. The molecule has 1 radical (unpaired) electrons. The third-order valence-corrected chi connectivity index (χ3v) is 0. The predicted molar refractivity (Wildman–Crippen MR) is 37.7 cm³/mol. The van der Waals surface area contributed by atoms with Crippen LogP contribution in [-0.2, 0) is 0 Å². The lowest BCUT2D eigenvalue weighted by Gasteiger charge is -1.78. The zero-order valence-corrected chi connectivity index (χ0v) is 7.89. The molecule has 0 rings (SSSR count). The smallest absolute Gasteiger partial charge is 0.309 e. The van der Waals surface area contributed by atoms with Crippen molar-refractivity contribution in [2.24, 2.45) is 0 Å². The van der Waals surface area contributed by atoms with Gasteiger partial charge < -0.3 is 18.1 Å². The molecule has 0 aromatic carbocycles. The van der Waals surface area contributed by atoms with E-state index >= 15 is 0 Å². The Bertz CT molecular complexity index is 20.9. The number of rotatable bonds is 0. The molecule has 41 valence electrons. The summed E-state index contributed by atoms with van der Waals surface area (Å²) in [6.07, 6.45) is 0. The first-order chi connectivity index (χ1) is 3.15. The van der Waals surface area contributed by atoms with Crippen molar-refractivity contribution in [1.29, 1.82) is 0 Å². The van der Waals surface area contributed by atoms with E-state index in [0.29, 0.717) is 0 Å². The van der Waals surface area contributed by atoms with Gasteiger partial charge in [-0.05, 0) is 5.92 Å². The molecule has 0 aliphatic heterocycles. The molecular formula is C4H9Cl2Mg. The first-order valence-electron chi connectivity index (χ1n) is 2.03. The van der Waals surface area contributed by atoms with Crippen molar-refractivity contribution in [3.05, 3.63) is 5.92 Å². The van der Waals surface area contributed by atoms with E-state index in [2.05, 4.69) is 20.8 Å². The maximum atomic E-state index is 4.90. The van der Waals surface area contributed by atoms with Crippen LogP contribution in [0, 0.1) is 5.92 Å². The topological polar surface area (TPSA) is 0 Å². The average Bonchev–Trinajstić information content (AvgIpc) is 1.33. The SMILES string of the molecule is C[C](C)C.[Cl][Mg][Cl]. The van der Waals surface area contributed by atoms with Crippen molar-refractivity contribution in [2.75, 3.05) is 0 Å². The fraction of sp³-hybridized carbons (Fsp3) is 0.750. The molecule has 0 unspecified atom stereocenters. The molecule has 0 aliphatic carbocycles. The average molecular weight is 152 g/mol. The normalized spacial score (nSPS) is 6.57. The third kappa shape index (κ3) is 116. The summed E-state index contributed by atoms with van der Waals surface area (Å²) in [4.78, 5) is 0. The summed E-state index contributed by atoms with van der Waals surface area (Å²) < 4.78 is 0. The van der Waals surface area contributed by atoms with Crippen molar-refractivity contribution in [2.45, 2.75) is 20.8 Å². The van der Waals surface area contributed by atoms with E-state index in [4.69, 9.17) is 18.1 Å². The second-order valence-corrected chi connectivity index (χ2v) is 4.23. The zero-order valence-electron chi connectivity index (χ0n) is 4.96. The molecule has 0 aromatic rings. The van der Waals surface area contributed by atoms with Crippen molar-refractivity contribution in [3.8, 4) is 0 Å². The Balaban J connectivity index is 0. The Labute approximate surface area is 62.8 Å². The van der Waals surface area contributed by atoms with Crippen LogP contribution in [0.5, 0.6) is 0 Å². The number of hydrogen-bond acceptors (Lipinski definition) is 0. The van der Waals surface area contributed by atoms with Crippen molar-refractivity contribution >= 4 is 36.3 Å². The maximum absolute atomic E-state index is 4.90. The Hall–Kier alpha value is 1.35. The minimum atomic E-state index is -0.639. The second-order valence-electron chi connectivity index (χ2n) is 1.60. The van der Waals surface area contributed by atoms with E-state index in [1.54, 1.807) is 0 Å². The zero-order chi connectivity index (χ0) is 6.28. The van der Waals surface area contributed by atoms with Gasteiger partial charge in [-0.2, -0.15) is 0 Å². The summed E-state index contributed by atoms with van der Waals surface area (Å²) in [5.74, 6) is 1.42. The van der Waals surface area contributed by atoms with Gasteiger partial charge in [-0.25, -0.2) is 0 Å². The van der Waals surface area contributed by atoms with E-state index in [1.165, 1.54) is 5.92 Å². The molecule has 0 heterocycles. The standard InChI is InChI=1S/C4H9.2ClH.Mg/c1-4(2)3;;;/h1-3H3;2*1H;/q;;;+2/p-2. The summed E-state index contributed by atoms with van der Waals surface area (Å²) in [5, 5.41) is 0. The summed E-state index contributed by atoms with van der Waals surface area (Å²) in [6.45, 7) is 6.25. The van der Waals surface area contributed by atoms with E-state index in [0.717, 1.165) is 0 Å². The first kappa shape index (κ1) is 11.2. The van der Waals surface area contributed by atoms with E-state index in [1.807, 2.05) is 0 Å². The third-order valence-electron chi connectivity index (χ3n) is 0. The molecule has 0 spiro atoms. The van der Waals surface area contributed by atoms with Crippen LogP contribution in [0.15, 0.2) is 0 Å². The quantitative estimate of drug-likeness (QED) is 0.468. The Morgan fingerprint density at radius 1 is 1.14 bits per heavy atom. The van der Waals surface area contributed by atoms with Gasteiger partial charge in [0.15, 0.2) is 0 Å². The van der Waals surface area contributed by atoms with Crippen LogP contribution in [0.2, 0.25) is 0 Å². The van der Waals surface area contributed by atoms with Gasteiger partial charge in [0.2, 0.25) is 0 Å².